The van der Waals surface area contributed by atoms with Crippen molar-refractivity contribution < 1.29 is 4.79 Å². The van der Waals surface area contributed by atoms with Gasteiger partial charge in [0.15, 0.2) is 6.29 Å². The molecular formula is C13H16N2O. The number of hydrogen-bond donors (Lipinski definition) is 1. The number of hydrogen-bond acceptors (Lipinski definition) is 2. The molecule has 3 heteroatoms. The van der Waals surface area contributed by atoms with Gasteiger partial charge in [-0.05, 0) is 38.1 Å². The van der Waals surface area contributed by atoms with Gasteiger partial charge in [-0.2, -0.15) is 0 Å². The van der Waals surface area contributed by atoms with E-state index in [1.165, 1.54) is 5.69 Å². The fourth-order valence-corrected chi connectivity index (χ4v) is 1.99. The summed E-state index contributed by atoms with van der Waals surface area (Å²) < 4.78 is 0. The third-order valence-corrected chi connectivity index (χ3v) is 2.88. The van der Waals surface area contributed by atoms with Gasteiger partial charge >= 0.3 is 0 Å². The average Bonchev–Trinajstić information content (AvgIpc) is 2.73. The second kappa shape index (κ2) is 4.39. The van der Waals surface area contributed by atoms with E-state index in [0.717, 1.165) is 30.3 Å². The minimum atomic E-state index is 0.631. The van der Waals surface area contributed by atoms with Gasteiger partial charge in [-0.1, -0.05) is 0 Å². The quantitative estimate of drug-likeness (QED) is 0.798. The van der Waals surface area contributed by atoms with Crippen molar-refractivity contribution in [3.8, 4) is 0 Å². The third kappa shape index (κ3) is 1.81. The van der Waals surface area contributed by atoms with Crippen molar-refractivity contribution >= 4 is 22.9 Å². The monoisotopic (exact) mass is 216 g/mol. The number of aldehydes is 1. The number of aromatic nitrogens is 1. The molecule has 3 nitrogen and oxygen atoms in total. The first-order valence-electron chi connectivity index (χ1n) is 5.61. The summed E-state index contributed by atoms with van der Waals surface area (Å²) in [5.41, 5.74) is 2.85. The van der Waals surface area contributed by atoms with E-state index in [9.17, 15) is 4.79 Å². The maximum atomic E-state index is 10.7. The van der Waals surface area contributed by atoms with Crippen molar-refractivity contribution in [3.63, 3.8) is 0 Å². The molecule has 0 aliphatic rings. The maximum absolute atomic E-state index is 10.7. The van der Waals surface area contributed by atoms with Gasteiger partial charge in [0, 0.05) is 29.7 Å². The number of H-pyrrole nitrogens is 1. The van der Waals surface area contributed by atoms with Crippen LogP contribution in [-0.2, 0) is 0 Å². The standard InChI is InChI=1S/C13H16N2O/c1-3-15(4-2)12-5-6-13-10(8-12)7-11(9-16)14-13/h5-9,14H,3-4H2,1-2H3. The zero-order valence-electron chi connectivity index (χ0n) is 9.66. The minimum Gasteiger partial charge on any atom is -0.372 e. The summed E-state index contributed by atoms with van der Waals surface area (Å²) in [5, 5.41) is 1.09. The lowest BCUT2D eigenvalue weighted by atomic mass is 10.2. The van der Waals surface area contributed by atoms with E-state index in [2.05, 4.69) is 35.9 Å². The molecule has 0 saturated carbocycles. The van der Waals surface area contributed by atoms with Crippen LogP contribution in [0.5, 0.6) is 0 Å². The van der Waals surface area contributed by atoms with E-state index in [1.807, 2.05) is 12.1 Å². The lowest BCUT2D eigenvalue weighted by molar-refractivity contribution is 0.112. The van der Waals surface area contributed by atoms with Crippen LogP contribution < -0.4 is 4.90 Å². The fourth-order valence-electron chi connectivity index (χ4n) is 1.99. The van der Waals surface area contributed by atoms with E-state index in [1.54, 1.807) is 0 Å². The van der Waals surface area contributed by atoms with Crippen LogP contribution in [0.3, 0.4) is 0 Å². The van der Waals surface area contributed by atoms with Gasteiger partial charge in [0.25, 0.3) is 0 Å². The Morgan fingerprint density at radius 1 is 1.25 bits per heavy atom. The van der Waals surface area contributed by atoms with Gasteiger partial charge in [0.05, 0.1) is 5.69 Å². The SMILES string of the molecule is CCN(CC)c1ccc2[nH]c(C=O)cc2c1. The Labute approximate surface area is 95.1 Å². The molecule has 1 heterocycles. The van der Waals surface area contributed by atoms with Crippen LogP contribution >= 0.6 is 0 Å². The number of benzene rings is 1. The normalized spacial score (nSPS) is 10.6. The first kappa shape index (κ1) is 10.7. The highest BCUT2D eigenvalue weighted by atomic mass is 16.1. The average molecular weight is 216 g/mol. The van der Waals surface area contributed by atoms with Gasteiger partial charge < -0.3 is 9.88 Å². The molecule has 0 spiro atoms. The molecule has 1 N–H and O–H groups in total. The second-order valence-corrected chi connectivity index (χ2v) is 3.79. The number of rotatable bonds is 4. The Balaban J connectivity index is 2.46. The van der Waals surface area contributed by atoms with Gasteiger partial charge in [0.1, 0.15) is 0 Å². The predicted octanol–water partition coefficient (Wildman–Crippen LogP) is 2.83. The first-order valence-corrected chi connectivity index (χ1v) is 5.61. The topological polar surface area (TPSA) is 36.1 Å². The summed E-state index contributed by atoms with van der Waals surface area (Å²) >= 11 is 0. The van der Waals surface area contributed by atoms with Crippen molar-refractivity contribution in [3.05, 3.63) is 30.0 Å². The molecule has 2 rings (SSSR count). The van der Waals surface area contributed by atoms with E-state index < -0.39 is 0 Å². The van der Waals surface area contributed by atoms with Crippen LogP contribution in [0.2, 0.25) is 0 Å². The smallest absolute Gasteiger partial charge is 0.166 e. The maximum Gasteiger partial charge on any atom is 0.166 e. The highest BCUT2D eigenvalue weighted by molar-refractivity contribution is 5.89. The zero-order valence-corrected chi connectivity index (χ0v) is 9.66. The summed E-state index contributed by atoms with van der Waals surface area (Å²) in [6.07, 6.45) is 0.844. The van der Waals surface area contributed by atoms with Crippen LogP contribution in [0, 0.1) is 0 Å². The van der Waals surface area contributed by atoms with Crippen molar-refractivity contribution in [2.24, 2.45) is 0 Å². The molecular weight excluding hydrogens is 200 g/mol. The lowest BCUT2D eigenvalue weighted by Crippen LogP contribution is -2.21. The molecule has 0 bridgehead atoms. The number of aromatic amines is 1. The molecule has 16 heavy (non-hydrogen) atoms. The summed E-state index contributed by atoms with van der Waals surface area (Å²) in [7, 11) is 0. The Hall–Kier alpha value is -1.77. The molecule has 2 aromatic rings. The summed E-state index contributed by atoms with van der Waals surface area (Å²) in [4.78, 5) is 16.0. The van der Waals surface area contributed by atoms with Crippen molar-refractivity contribution in [2.75, 3.05) is 18.0 Å². The Morgan fingerprint density at radius 3 is 2.62 bits per heavy atom. The molecule has 1 aromatic carbocycles. The summed E-state index contributed by atoms with van der Waals surface area (Å²) in [6, 6.07) is 8.11. The van der Waals surface area contributed by atoms with Crippen LogP contribution in [0.15, 0.2) is 24.3 Å². The number of carbonyl (C=O) groups is 1. The Morgan fingerprint density at radius 2 is 2.00 bits per heavy atom. The molecule has 0 radical (unpaired) electrons. The highest BCUT2D eigenvalue weighted by Crippen LogP contribution is 2.22. The van der Waals surface area contributed by atoms with Crippen LogP contribution in [-0.4, -0.2) is 24.4 Å². The summed E-state index contributed by atoms with van der Waals surface area (Å²) in [6.45, 7) is 6.27. The van der Waals surface area contributed by atoms with Crippen LogP contribution in [0.4, 0.5) is 5.69 Å². The second-order valence-electron chi connectivity index (χ2n) is 3.79. The molecule has 0 fully saturated rings. The van der Waals surface area contributed by atoms with Gasteiger partial charge in [-0.15, -0.1) is 0 Å². The molecule has 0 saturated heterocycles. The highest BCUT2D eigenvalue weighted by Gasteiger charge is 2.04. The largest absolute Gasteiger partial charge is 0.372 e. The predicted molar refractivity (Wildman–Crippen MR) is 67.2 cm³/mol. The molecule has 0 aliphatic carbocycles. The summed E-state index contributed by atoms with van der Waals surface area (Å²) in [5.74, 6) is 0. The number of carbonyl (C=O) groups excluding carboxylic acids is 1. The zero-order chi connectivity index (χ0) is 11.5. The lowest BCUT2D eigenvalue weighted by Gasteiger charge is -2.20. The van der Waals surface area contributed by atoms with Crippen molar-refractivity contribution in [1.82, 2.24) is 4.98 Å². The van der Waals surface area contributed by atoms with Crippen LogP contribution in [0.25, 0.3) is 10.9 Å². The van der Waals surface area contributed by atoms with E-state index in [0.29, 0.717) is 5.69 Å². The van der Waals surface area contributed by atoms with E-state index in [-0.39, 0.29) is 0 Å². The molecule has 0 amide bonds. The Bertz CT molecular complexity index is 498. The van der Waals surface area contributed by atoms with E-state index >= 15 is 0 Å². The van der Waals surface area contributed by atoms with Gasteiger partial charge in [-0.25, -0.2) is 0 Å². The van der Waals surface area contributed by atoms with Gasteiger partial charge in [0.2, 0.25) is 0 Å². The molecule has 84 valence electrons. The van der Waals surface area contributed by atoms with Crippen molar-refractivity contribution in [1.29, 1.82) is 0 Å². The molecule has 0 aliphatic heterocycles. The molecule has 1 aromatic heterocycles. The van der Waals surface area contributed by atoms with Crippen LogP contribution in [0.1, 0.15) is 24.3 Å². The number of nitrogens with one attached hydrogen (secondary N) is 1. The fraction of sp³-hybridized carbons (Fsp3) is 0.308. The number of anilines is 1. The molecule has 0 unspecified atom stereocenters. The number of fused-ring (bicyclic) bond motifs is 1. The molecule has 0 atom stereocenters. The first-order chi connectivity index (χ1) is 7.78. The van der Waals surface area contributed by atoms with Gasteiger partial charge in [-0.3, -0.25) is 4.79 Å². The van der Waals surface area contributed by atoms with E-state index in [4.69, 9.17) is 0 Å². The Kier molecular flexibility index (Phi) is 2.95. The van der Waals surface area contributed by atoms with Crippen molar-refractivity contribution in [2.45, 2.75) is 13.8 Å². The third-order valence-electron chi connectivity index (χ3n) is 2.88. The minimum absolute atomic E-state index is 0.631. The number of nitrogens with zero attached hydrogens (tertiary/aromatic N) is 1.